The summed E-state index contributed by atoms with van der Waals surface area (Å²) in [6, 6.07) is 7.56. The van der Waals surface area contributed by atoms with Crippen molar-refractivity contribution in [2.45, 2.75) is 6.61 Å². The van der Waals surface area contributed by atoms with Crippen LogP contribution in [0.3, 0.4) is 0 Å². The van der Waals surface area contributed by atoms with Gasteiger partial charge in [0, 0.05) is 11.1 Å². The van der Waals surface area contributed by atoms with Crippen LogP contribution in [0.4, 0.5) is 4.39 Å². The molecule has 0 radical (unpaired) electrons. The van der Waals surface area contributed by atoms with E-state index in [0.717, 1.165) is 0 Å². The van der Waals surface area contributed by atoms with Crippen LogP contribution in [0, 0.1) is 5.82 Å². The fourth-order valence-electron chi connectivity index (χ4n) is 2.08. The first-order valence-corrected chi connectivity index (χ1v) is 7.36. The van der Waals surface area contributed by atoms with Gasteiger partial charge in [-0.1, -0.05) is 16.8 Å². The van der Waals surface area contributed by atoms with E-state index in [-0.39, 0.29) is 12.4 Å². The maximum absolute atomic E-state index is 13.3. The smallest absolute Gasteiger partial charge is 0.179 e. The summed E-state index contributed by atoms with van der Waals surface area (Å²) in [5.74, 6) is 1.09. The van der Waals surface area contributed by atoms with E-state index in [1.54, 1.807) is 12.1 Å². The highest BCUT2D eigenvalue weighted by atomic mass is 35.5. The zero-order valence-corrected chi connectivity index (χ0v) is 14.3. The van der Waals surface area contributed by atoms with Crippen molar-refractivity contribution in [1.82, 2.24) is 0 Å². The quantitative estimate of drug-likeness (QED) is 0.556. The van der Waals surface area contributed by atoms with Crippen LogP contribution in [0.15, 0.2) is 35.5 Å². The molecule has 2 rings (SSSR count). The summed E-state index contributed by atoms with van der Waals surface area (Å²) >= 11 is 6.11. The van der Waals surface area contributed by atoms with E-state index in [4.69, 9.17) is 30.6 Å². The minimum atomic E-state index is -0.370. The summed E-state index contributed by atoms with van der Waals surface area (Å²) in [4.78, 5) is 5.20. The molecule has 128 valence electrons. The molecule has 0 atom stereocenters. The molecule has 2 aromatic rings. The Morgan fingerprint density at radius 2 is 1.79 bits per heavy atom. The lowest BCUT2D eigenvalue weighted by Gasteiger charge is -2.10. The van der Waals surface area contributed by atoms with E-state index < -0.39 is 0 Å². The van der Waals surface area contributed by atoms with Gasteiger partial charge >= 0.3 is 0 Å². The van der Waals surface area contributed by atoms with Crippen molar-refractivity contribution >= 4 is 17.8 Å². The fourth-order valence-corrected chi connectivity index (χ4v) is 2.37. The molecule has 5 nitrogen and oxygen atoms in total. The van der Waals surface area contributed by atoms with Crippen LogP contribution in [-0.4, -0.2) is 27.5 Å². The molecule has 0 N–H and O–H groups in total. The summed E-state index contributed by atoms with van der Waals surface area (Å²) in [5.41, 5.74) is 1.23. The number of oxime groups is 1. The van der Waals surface area contributed by atoms with Crippen LogP contribution in [0.25, 0.3) is 0 Å². The molecule has 2 aromatic carbocycles. The largest absolute Gasteiger partial charge is 0.496 e. The third kappa shape index (κ3) is 4.29. The Morgan fingerprint density at radius 3 is 2.46 bits per heavy atom. The summed E-state index contributed by atoms with van der Waals surface area (Å²) < 4.78 is 28.8. The third-order valence-electron chi connectivity index (χ3n) is 3.19. The number of halogens is 2. The van der Waals surface area contributed by atoms with Crippen molar-refractivity contribution < 1.29 is 23.4 Å². The summed E-state index contributed by atoms with van der Waals surface area (Å²) in [7, 11) is 4.53. The van der Waals surface area contributed by atoms with E-state index >= 15 is 0 Å². The Morgan fingerprint density at radius 1 is 1.04 bits per heavy atom. The first-order chi connectivity index (χ1) is 11.6. The van der Waals surface area contributed by atoms with Crippen LogP contribution in [0.2, 0.25) is 5.02 Å². The molecule has 0 saturated carbocycles. The molecule has 0 saturated heterocycles. The Labute approximate surface area is 144 Å². The SMILES string of the molecule is COc1ccc(F)cc1CON=Cc1cc(Cl)c(OC)c(OC)c1. The molecule has 0 aromatic heterocycles. The minimum absolute atomic E-state index is 0.0679. The lowest BCUT2D eigenvalue weighted by molar-refractivity contribution is 0.129. The third-order valence-corrected chi connectivity index (χ3v) is 3.48. The lowest BCUT2D eigenvalue weighted by atomic mass is 10.2. The fraction of sp³-hybridized carbons (Fsp3) is 0.235. The molecule has 0 fully saturated rings. The van der Waals surface area contributed by atoms with Gasteiger partial charge in [-0.2, -0.15) is 0 Å². The average Bonchev–Trinajstić information content (AvgIpc) is 2.58. The molecule has 0 heterocycles. The van der Waals surface area contributed by atoms with Gasteiger partial charge in [-0.15, -0.1) is 0 Å². The van der Waals surface area contributed by atoms with Crippen molar-refractivity contribution in [2.75, 3.05) is 21.3 Å². The van der Waals surface area contributed by atoms with Gasteiger partial charge in [-0.25, -0.2) is 4.39 Å². The molecule has 0 aliphatic rings. The predicted octanol–water partition coefficient (Wildman–Crippen LogP) is 4.06. The highest BCUT2D eigenvalue weighted by molar-refractivity contribution is 6.32. The second-order valence-corrected chi connectivity index (χ2v) is 5.11. The number of hydrogen-bond acceptors (Lipinski definition) is 5. The predicted molar refractivity (Wildman–Crippen MR) is 89.9 cm³/mol. The molecule has 0 aliphatic heterocycles. The van der Waals surface area contributed by atoms with Crippen LogP contribution < -0.4 is 14.2 Å². The van der Waals surface area contributed by atoms with Gasteiger partial charge < -0.3 is 19.0 Å². The van der Waals surface area contributed by atoms with Crippen molar-refractivity contribution in [3.05, 3.63) is 52.3 Å². The maximum atomic E-state index is 13.3. The molecule has 24 heavy (non-hydrogen) atoms. The molecular weight excluding hydrogens is 337 g/mol. The Balaban J connectivity index is 2.07. The van der Waals surface area contributed by atoms with E-state index in [1.807, 2.05) is 0 Å². The van der Waals surface area contributed by atoms with Gasteiger partial charge in [-0.3, -0.25) is 0 Å². The first-order valence-electron chi connectivity index (χ1n) is 6.98. The van der Waals surface area contributed by atoms with Crippen molar-refractivity contribution in [3.63, 3.8) is 0 Å². The summed E-state index contributed by atoms with van der Waals surface area (Å²) in [6.45, 7) is 0.0679. The minimum Gasteiger partial charge on any atom is -0.496 e. The number of nitrogens with zero attached hydrogens (tertiary/aromatic N) is 1. The van der Waals surface area contributed by atoms with E-state index in [1.165, 1.54) is 45.7 Å². The topological polar surface area (TPSA) is 49.3 Å². The molecule has 0 spiro atoms. The summed E-state index contributed by atoms with van der Waals surface area (Å²) in [5, 5.41) is 4.25. The van der Waals surface area contributed by atoms with Gasteiger partial charge in [0.15, 0.2) is 11.5 Å². The van der Waals surface area contributed by atoms with E-state index in [2.05, 4.69) is 5.16 Å². The second kappa shape index (κ2) is 8.40. The van der Waals surface area contributed by atoms with Gasteiger partial charge in [0.05, 0.1) is 32.6 Å². The molecule has 7 heteroatoms. The van der Waals surface area contributed by atoms with Crippen LogP contribution in [-0.2, 0) is 11.4 Å². The molecular formula is C17H17ClFNO4. The Bertz CT molecular complexity index is 737. The normalized spacial score (nSPS) is 10.7. The molecule has 0 bridgehead atoms. The van der Waals surface area contributed by atoms with Crippen molar-refractivity contribution in [2.24, 2.45) is 5.16 Å². The van der Waals surface area contributed by atoms with Crippen LogP contribution >= 0.6 is 11.6 Å². The Hall–Kier alpha value is -2.47. The number of rotatable bonds is 7. The van der Waals surface area contributed by atoms with Crippen molar-refractivity contribution in [1.29, 1.82) is 0 Å². The second-order valence-electron chi connectivity index (χ2n) is 4.70. The average molecular weight is 354 g/mol. The zero-order valence-electron chi connectivity index (χ0n) is 13.5. The number of hydrogen-bond donors (Lipinski definition) is 0. The van der Waals surface area contributed by atoms with Gasteiger partial charge in [0.1, 0.15) is 18.2 Å². The molecule has 0 unspecified atom stereocenters. The van der Waals surface area contributed by atoms with E-state index in [0.29, 0.717) is 33.4 Å². The van der Waals surface area contributed by atoms with Crippen molar-refractivity contribution in [3.8, 4) is 17.2 Å². The maximum Gasteiger partial charge on any atom is 0.179 e. The highest BCUT2D eigenvalue weighted by Crippen LogP contribution is 2.35. The number of ether oxygens (including phenoxy) is 3. The van der Waals surface area contributed by atoms with E-state index in [9.17, 15) is 4.39 Å². The molecule has 0 amide bonds. The summed E-state index contributed by atoms with van der Waals surface area (Å²) in [6.07, 6.45) is 1.47. The van der Waals surface area contributed by atoms with Gasteiger partial charge in [-0.05, 0) is 30.3 Å². The number of methoxy groups -OCH3 is 3. The van der Waals surface area contributed by atoms with Gasteiger partial charge in [0.2, 0.25) is 0 Å². The monoisotopic (exact) mass is 353 g/mol. The standard InChI is InChI=1S/C17H17ClFNO4/c1-21-15-5-4-13(19)8-12(15)10-24-20-9-11-6-14(18)17(23-3)16(7-11)22-2/h4-9H,10H2,1-3H3. The molecule has 0 aliphatic carbocycles. The Kier molecular flexibility index (Phi) is 6.26. The zero-order chi connectivity index (χ0) is 17.5. The number of benzene rings is 2. The highest BCUT2D eigenvalue weighted by Gasteiger charge is 2.10. The first kappa shape index (κ1) is 17.9. The van der Waals surface area contributed by atoms with Crippen LogP contribution in [0.1, 0.15) is 11.1 Å². The van der Waals surface area contributed by atoms with Gasteiger partial charge in [0.25, 0.3) is 0 Å². The van der Waals surface area contributed by atoms with Crippen LogP contribution in [0.5, 0.6) is 17.2 Å². The lowest BCUT2D eigenvalue weighted by Crippen LogP contribution is -1.96.